The molecule has 0 spiro atoms. The summed E-state index contributed by atoms with van der Waals surface area (Å²) >= 11 is 7.01. The van der Waals surface area contributed by atoms with E-state index in [4.69, 9.17) is 11.6 Å². The Kier molecular flexibility index (Phi) is 2.54. The normalized spacial score (nSPS) is 52.4. The minimum absolute atomic E-state index is 0.226. The Hall–Kier alpha value is 0.290. The van der Waals surface area contributed by atoms with Crippen LogP contribution in [-0.2, 0) is 0 Å². The summed E-state index contributed by atoms with van der Waals surface area (Å²) in [7, 11) is 0. The molecule has 4 saturated carbocycles. The Morgan fingerprint density at radius 2 is 1.53 bits per heavy atom. The average Bonchev–Trinajstić information content (AvgIpc) is 2.22. The van der Waals surface area contributed by atoms with Gasteiger partial charge in [0, 0.05) is 0 Å². The molecule has 0 unspecified atom stereocenters. The third-order valence-electron chi connectivity index (χ3n) is 5.41. The summed E-state index contributed by atoms with van der Waals surface area (Å²) in [5.41, 5.74) is 0. The Balaban J connectivity index is 1.78. The van der Waals surface area contributed by atoms with E-state index >= 15 is 0 Å². The van der Waals surface area contributed by atoms with Gasteiger partial charge in [0.15, 0.2) is 0 Å². The summed E-state index contributed by atoms with van der Waals surface area (Å²) in [6.07, 6.45) is 11.3. The maximum absolute atomic E-state index is 7.01. The second-order valence-electron chi connectivity index (χ2n) is 6.33. The van der Waals surface area contributed by atoms with E-state index in [9.17, 15) is 0 Å². The molecule has 0 radical (unpaired) electrons. The lowest BCUT2D eigenvalue weighted by atomic mass is 9.50. The van der Waals surface area contributed by atoms with Gasteiger partial charge in [-0.2, -0.15) is 0 Å². The first kappa shape index (κ1) is 10.4. The molecule has 0 aromatic carbocycles. The van der Waals surface area contributed by atoms with Crippen LogP contribution in [0.3, 0.4) is 0 Å². The van der Waals surface area contributed by atoms with E-state index in [1.54, 1.807) is 0 Å². The summed E-state index contributed by atoms with van der Waals surface area (Å²) in [5.74, 6) is 3.87. The molecule has 0 aromatic heterocycles. The van der Waals surface area contributed by atoms with Gasteiger partial charge in [0.05, 0.1) is 4.87 Å². The van der Waals surface area contributed by atoms with Gasteiger partial charge in [-0.25, -0.2) is 0 Å². The lowest BCUT2D eigenvalue weighted by Crippen LogP contribution is -2.54. The molecule has 4 aliphatic carbocycles. The van der Waals surface area contributed by atoms with Gasteiger partial charge in [-0.3, -0.25) is 0 Å². The molecule has 0 nitrogen and oxygen atoms in total. The van der Waals surface area contributed by atoms with Gasteiger partial charge in [0.1, 0.15) is 0 Å². The molecule has 0 aromatic rings. The van der Waals surface area contributed by atoms with Gasteiger partial charge in [0.25, 0.3) is 0 Å². The number of hydrogen-bond acceptors (Lipinski definition) is 0. The van der Waals surface area contributed by atoms with Crippen LogP contribution in [0.5, 0.6) is 0 Å². The Bertz CT molecular complexity index is 218. The van der Waals surface area contributed by atoms with Crippen molar-refractivity contribution in [2.24, 2.45) is 23.7 Å². The Morgan fingerprint density at radius 1 is 1.00 bits per heavy atom. The molecule has 0 heterocycles. The van der Waals surface area contributed by atoms with Crippen LogP contribution in [0.25, 0.3) is 0 Å². The minimum atomic E-state index is 0.226. The van der Waals surface area contributed by atoms with Crippen molar-refractivity contribution in [3.63, 3.8) is 0 Å². The maximum atomic E-state index is 7.01. The van der Waals surface area contributed by atoms with Gasteiger partial charge in [-0.1, -0.05) is 19.8 Å². The van der Waals surface area contributed by atoms with Crippen LogP contribution < -0.4 is 0 Å². The van der Waals surface area contributed by atoms with Gasteiger partial charge >= 0.3 is 0 Å². The maximum Gasteiger partial charge on any atom is 0.0503 e. The molecule has 0 saturated heterocycles. The summed E-state index contributed by atoms with van der Waals surface area (Å²) < 4.78 is 0. The molecule has 0 amide bonds. The van der Waals surface area contributed by atoms with Gasteiger partial charge in [-0.05, 0) is 62.2 Å². The first-order chi connectivity index (χ1) is 7.22. The van der Waals surface area contributed by atoms with Crippen LogP contribution in [-0.4, -0.2) is 4.87 Å². The summed E-state index contributed by atoms with van der Waals surface area (Å²) in [5, 5.41) is 0. The zero-order valence-corrected chi connectivity index (χ0v) is 10.6. The highest BCUT2D eigenvalue weighted by Gasteiger charge is 2.55. The van der Waals surface area contributed by atoms with Crippen LogP contribution in [0, 0.1) is 23.7 Å². The van der Waals surface area contributed by atoms with E-state index in [0.29, 0.717) is 0 Å². The van der Waals surface area contributed by atoms with Crippen LogP contribution in [0.4, 0.5) is 0 Å². The summed E-state index contributed by atoms with van der Waals surface area (Å²) in [6, 6.07) is 0. The van der Waals surface area contributed by atoms with E-state index < -0.39 is 0 Å². The van der Waals surface area contributed by atoms with E-state index in [1.165, 1.54) is 51.4 Å². The Labute approximate surface area is 98.8 Å². The fourth-order valence-corrected chi connectivity index (χ4v) is 5.31. The van der Waals surface area contributed by atoms with Crippen molar-refractivity contribution in [3.8, 4) is 0 Å². The molecular formula is C14H23Cl. The highest BCUT2D eigenvalue weighted by atomic mass is 35.5. The first-order valence-electron chi connectivity index (χ1n) is 6.91. The number of unbranched alkanes of at least 4 members (excludes halogenated alkanes) is 1. The predicted molar refractivity (Wildman–Crippen MR) is 65.2 cm³/mol. The molecule has 4 bridgehead atoms. The molecule has 4 aliphatic rings. The molecule has 4 rings (SSSR count). The smallest absolute Gasteiger partial charge is 0.0503 e. The number of hydrogen-bond donors (Lipinski definition) is 0. The molecule has 86 valence electrons. The van der Waals surface area contributed by atoms with Crippen molar-refractivity contribution in [2.75, 3.05) is 0 Å². The van der Waals surface area contributed by atoms with Crippen LogP contribution in [0.2, 0.25) is 0 Å². The topological polar surface area (TPSA) is 0 Å². The molecule has 1 heteroatoms. The van der Waals surface area contributed by atoms with Crippen molar-refractivity contribution in [1.82, 2.24) is 0 Å². The molecule has 0 aliphatic heterocycles. The van der Waals surface area contributed by atoms with E-state index in [0.717, 1.165) is 23.7 Å². The summed E-state index contributed by atoms with van der Waals surface area (Å²) in [6.45, 7) is 2.29. The van der Waals surface area contributed by atoms with Crippen molar-refractivity contribution >= 4 is 11.6 Å². The standard InChI is InChI=1S/C14H23Cl/c1-2-3-4-14(15)12-6-10-5-11(8-12)9-13(14)7-10/h10-13H,2-9H2,1H3. The second-order valence-corrected chi connectivity index (χ2v) is 7.04. The fourth-order valence-electron chi connectivity index (χ4n) is 4.82. The summed E-state index contributed by atoms with van der Waals surface area (Å²) in [4.78, 5) is 0.226. The highest BCUT2D eigenvalue weighted by Crippen LogP contribution is 2.62. The van der Waals surface area contributed by atoms with Crippen molar-refractivity contribution in [2.45, 2.75) is 63.2 Å². The Morgan fingerprint density at radius 3 is 2.00 bits per heavy atom. The highest BCUT2D eigenvalue weighted by molar-refractivity contribution is 6.24. The van der Waals surface area contributed by atoms with Crippen molar-refractivity contribution in [1.29, 1.82) is 0 Å². The van der Waals surface area contributed by atoms with E-state index in [-0.39, 0.29) is 4.87 Å². The third-order valence-corrected chi connectivity index (χ3v) is 6.22. The monoisotopic (exact) mass is 226 g/mol. The second kappa shape index (κ2) is 3.65. The molecule has 0 N–H and O–H groups in total. The van der Waals surface area contributed by atoms with E-state index in [2.05, 4.69) is 6.92 Å². The minimum Gasteiger partial charge on any atom is -0.119 e. The van der Waals surface area contributed by atoms with Crippen LogP contribution in [0.15, 0.2) is 0 Å². The molecule has 15 heavy (non-hydrogen) atoms. The lowest BCUT2D eigenvalue weighted by molar-refractivity contribution is -0.0240. The zero-order chi connectivity index (χ0) is 10.5. The van der Waals surface area contributed by atoms with Crippen LogP contribution in [0.1, 0.15) is 58.3 Å². The molecule has 4 fully saturated rings. The van der Waals surface area contributed by atoms with E-state index in [1.807, 2.05) is 0 Å². The largest absolute Gasteiger partial charge is 0.119 e. The van der Waals surface area contributed by atoms with Gasteiger partial charge in [-0.15, -0.1) is 11.6 Å². The SMILES string of the molecule is CCCCC1(Cl)C2CC3CC(C2)CC1C3. The fraction of sp³-hybridized carbons (Fsp3) is 1.00. The van der Waals surface area contributed by atoms with Gasteiger partial charge in [0.2, 0.25) is 0 Å². The number of alkyl halides is 1. The predicted octanol–water partition coefficient (Wildman–Crippen LogP) is 4.61. The number of halogens is 1. The average molecular weight is 227 g/mol. The number of rotatable bonds is 3. The third kappa shape index (κ3) is 1.55. The van der Waals surface area contributed by atoms with Crippen molar-refractivity contribution in [3.05, 3.63) is 0 Å². The molecular weight excluding hydrogens is 204 g/mol. The van der Waals surface area contributed by atoms with Gasteiger partial charge < -0.3 is 0 Å². The lowest BCUT2D eigenvalue weighted by Gasteiger charge is -2.59. The molecule has 0 atom stereocenters. The van der Waals surface area contributed by atoms with Crippen molar-refractivity contribution < 1.29 is 0 Å². The van der Waals surface area contributed by atoms with Crippen LogP contribution >= 0.6 is 11.6 Å². The zero-order valence-electron chi connectivity index (χ0n) is 9.84. The first-order valence-corrected chi connectivity index (χ1v) is 7.29. The quantitative estimate of drug-likeness (QED) is 0.617.